The van der Waals surface area contributed by atoms with Crippen molar-refractivity contribution in [1.82, 2.24) is 0 Å². The second-order valence-corrected chi connectivity index (χ2v) is 6.25. The number of carbonyl (C=O) groups excluding carboxylic acids is 1. The maximum Gasteiger partial charge on any atom is 0.259 e. The van der Waals surface area contributed by atoms with Crippen LogP contribution in [-0.2, 0) is 0 Å². The molecule has 0 saturated heterocycles. The normalized spacial score (nSPS) is 12.0. The van der Waals surface area contributed by atoms with Crippen LogP contribution in [0.1, 0.15) is 42.1 Å². The van der Waals surface area contributed by atoms with Crippen LogP contribution in [0, 0.1) is 0 Å². The molecule has 0 fully saturated rings. The van der Waals surface area contributed by atoms with Gasteiger partial charge in [-0.25, -0.2) is 0 Å². The molecule has 0 aliphatic carbocycles. The summed E-state index contributed by atoms with van der Waals surface area (Å²) in [5.74, 6) is 0.811. The predicted octanol–water partition coefficient (Wildman–Crippen LogP) is 5.61. The lowest BCUT2D eigenvalue weighted by Gasteiger charge is -2.16. The molecule has 0 heterocycles. The summed E-state index contributed by atoms with van der Waals surface area (Å²) < 4.78 is 5.45. The Balaban J connectivity index is 1.98. The molecule has 0 aliphatic heterocycles. The minimum Gasteiger partial charge on any atom is -0.496 e. The molecule has 128 valence electrons. The number of nitrogens with one attached hydrogen (secondary N) is 1. The number of carbonyl (C=O) groups is 1. The zero-order valence-electron chi connectivity index (χ0n) is 14.9. The molecule has 0 aliphatic rings. The van der Waals surface area contributed by atoms with Crippen LogP contribution in [0.3, 0.4) is 0 Å². The number of fused-ring (bicyclic) bond motifs is 1. The lowest BCUT2D eigenvalue weighted by molar-refractivity contribution is 0.102. The minimum absolute atomic E-state index is 0.154. The second-order valence-electron chi connectivity index (χ2n) is 6.25. The molecule has 0 saturated carbocycles. The molecule has 1 unspecified atom stereocenters. The van der Waals surface area contributed by atoms with E-state index in [-0.39, 0.29) is 5.91 Å². The predicted molar refractivity (Wildman–Crippen MR) is 104 cm³/mol. The van der Waals surface area contributed by atoms with Gasteiger partial charge in [-0.2, -0.15) is 0 Å². The lowest BCUT2D eigenvalue weighted by Crippen LogP contribution is -2.15. The highest BCUT2D eigenvalue weighted by Crippen LogP contribution is 2.29. The molecular formula is C22H23NO2. The highest BCUT2D eigenvalue weighted by molar-refractivity contribution is 6.09. The Bertz CT molecular complexity index is 901. The van der Waals surface area contributed by atoms with Crippen molar-refractivity contribution in [2.24, 2.45) is 0 Å². The SMILES string of the molecule is CCC(C)c1ccccc1NC(=O)c1cc2ccccc2cc1OC. The highest BCUT2D eigenvalue weighted by atomic mass is 16.5. The Morgan fingerprint density at radius 2 is 1.68 bits per heavy atom. The van der Waals surface area contributed by atoms with Crippen LogP contribution in [0.15, 0.2) is 60.7 Å². The molecule has 1 amide bonds. The number of amides is 1. The fourth-order valence-corrected chi connectivity index (χ4v) is 3.02. The van der Waals surface area contributed by atoms with E-state index in [0.717, 1.165) is 28.4 Å². The first kappa shape index (κ1) is 17.0. The van der Waals surface area contributed by atoms with Crippen LogP contribution < -0.4 is 10.1 Å². The molecule has 3 nitrogen and oxygen atoms in total. The standard InChI is InChI=1S/C22H23NO2/c1-4-15(2)18-11-7-8-12-20(18)23-22(24)19-13-16-9-5-6-10-17(16)14-21(19)25-3/h5-15H,4H2,1-3H3,(H,23,24). The molecule has 1 atom stereocenters. The number of rotatable bonds is 5. The summed E-state index contributed by atoms with van der Waals surface area (Å²) in [5, 5.41) is 5.13. The lowest BCUT2D eigenvalue weighted by atomic mass is 9.96. The van der Waals surface area contributed by atoms with Gasteiger partial charge in [0, 0.05) is 5.69 Å². The monoisotopic (exact) mass is 333 g/mol. The van der Waals surface area contributed by atoms with Gasteiger partial charge in [0.1, 0.15) is 5.75 Å². The van der Waals surface area contributed by atoms with Crippen LogP contribution in [0.25, 0.3) is 10.8 Å². The Morgan fingerprint density at radius 3 is 2.36 bits per heavy atom. The summed E-state index contributed by atoms with van der Waals surface area (Å²) in [6, 6.07) is 19.7. The number of para-hydroxylation sites is 1. The van der Waals surface area contributed by atoms with Gasteiger partial charge in [0.2, 0.25) is 0 Å². The molecule has 3 aromatic rings. The molecule has 0 radical (unpaired) electrons. The molecular weight excluding hydrogens is 310 g/mol. The van der Waals surface area contributed by atoms with Gasteiger partial charge in [-0.1, -0.05) is 56.3 Å². The van der Waals surface area contributed by atoms with Gasteiger partial charge in [-0.3, -0.25) is 4.79 Å². The Morgan fingerprint density at radius 1 is 1.04 bits per heavy atom. The van der Waals surface area contributed by atoms with Gasteiger partial charge in [-0.05, 0) is 46.9 Å². The third-order valence-electron chi connectivity index (χ3n) is 4.66. The molecule has 1 N–H and O–H groups in total. The van der Waals surface area contributed by atoms with Crippen molar-refractivity contribution in [3.63, 3.8) is 0 Å². The first-order valence-corrected chi connectivity index (χ1v) is 8.61. The summed E-state index contributed by atoms with van der Waals surface area (Å²) in [5.41, 5.74) is 2.55. The third kappa shape index (κ3) is 3.50. The van der Waals surface area contributed by atoms with E-state index < -0.39 is 0 Å². The maximum absolute atomic E-state index is 12.9. The fraction of sp³-hybridized carbons (Fsp3) is 0.227. The average Bonchev–Trinajstić information content (AvgIpc) is 2.66. The Kier molecular flexibility index (Phi) is 5.03. The van der Waals surface area contributed by atoms with Crippen LogP contribution in [0.4, 0.5) is 5.69 Å². The Hall–Kier alpha value is -2.81. The molecule has 3 heteroatoms. The van der Waals surface area contributed by atoms with Crippen LogP contribution in [-0.4, -0.2) is 13.0 Å². The molecule has 0 bridgehead atoms. The zero-order chi connectivity index (χ0) is 17.8. The number of hydrogen-bond acceptors (Lipinski definition) is 2. The van der Waals surface area contributed by atoms with E-state index in [4.69, 9.17) is 4.74 Å². The van der Waals surface area contributed by atoms with Gasteiger partial charge in [0.15, 0.2) is 0 Å². The average molecular weight is 333 g/mol. The number of anilines is 1. The number of ether oxygens (including phenoxy) is 1. The molecule has 3 rings (SSSR count). The first-order chi connectivity index (χ1) is 12.1. The maximum atomic E-state index is 12.9. The summed E-state index contributed by atoms with van der Waals surface area (Å²) in [6.45, 7) is 4.32. The number of benzene rings is 3. The quantitative estimate of drug-likeness (QED) is 0.658. The van der Waals surface area contributed by atoms with E-state index >= 15 is 0 Å². The highest BCUT2D eigenvalue weighted by Gasteiger charge is 2.16. The molecule has 25 heavy (non-hydrogen) atoms. The molecule has 0 spiro atoms. The van der Waals surface area contributed by atoms with Gasteiger partial charge in [-0.15, -0.1) is 0 Å². The van der Waals surface area contributed by atoms with E-state index in [9.17, 15) is 4.79 Å². The van der Waals surface area contributed by atoms with Crippen molar-refractivity contribution < 1.29 is 9.53 Å². The van der Waals surface area contributed by atoms with Crippen LogP contribution in [0.5, 0.6) is 5.75 Å². The third-order valence-corrected chi connectivity index (χ3v) is 4.66. The number of hydrogen-bond donors (Lipinski definition) is 1. The van der Waals surface area contributed by atoms with Crippen molar-refractivity contribution in [3.8, 4) is 5.75 Å². The second kappa shape index (κ2) is 7.39. The van der Waals surface area contributed by atoms with Gasteiger partial charge >= 0.3 is 0 Å². The molecule has 3 aromatic carbocycles. The van der Waals surface area contributed by atoms with Crippen LogP contribution in [0.2, 0.25) is 0 Å². The van der Waals surface area contributed by atoms with Crippen LogP contribution >= 0.6 is 0 Å². The Labute approximate surface area is 148 Å². The minimum atomic E-state index is -0.154. The van der Waals surface area contributed by atoms with E-state index in [1.807, 2.05) is 54.6 Å². The first-order valence-electron chi connectivity index (χ1n) is 8.61. The fourth-order valence-electron chi connectivity index (χ4n) is 3.02. The summed E-state index contributed by atoms with van der Waals surface area (Å²) in [6.07, 6.45) is 1.02. The topological polar surface area (TPSA) is 38.3 Å². The van der Waals surface area contributed by atoms with Gasteiger partial charge < -0.3 is 10.1 Å². The van der Waals surface area contributed by atoms with Gasteiger partial charge in [0.05, 0.1) is 12.7 Å². The van der Waals surface area contributed by atoms with Crippen molar-refractivity contribution in [1.29, 1.82) is 0 Å². The van der Waals surface area contributed by atoms with Crippen molar-refractivity contribution >= 4 is 22.4 Å². The van der Waals surface area contributed by atoms with Crippen molar-refractivity contribution in [3.05, 3.63) is 71.8 Å². The summed E-state index contributed by atoms with van der Waals surface area (Å²) in [7, 11) is 1.59. The van der Waals surface area contributed by atoms with E-state index in [0.29, 0.717) is 17.2 Å². The van der Waals surface area contributed by atoms with E-state index in [1.165, 1.54) is 0 Å². The number of methoxy groups -OCH3 is 1. The largest absolute Gasteiger partial charge is 0.496 e. The molecule has 0 aromatic heterocycles. The smallest absolute Gasteiger partial charge is 0.259 e. The van der Waals surface area contributed by atoms with E-state index in [1.54, 1.807) is 7.11 Å². The van der Waals surface area contributed by atoms with E-state index in [2.05, 4.69) is 25.2 Å². The van der Waals surface area contributed by atoms with Gasteiger partial charge in [0.25, 0.3) is 5.91 Å². The summed E-state index contributed by atoms with van der Waals surface area (Å²) >= 11 is 0. The van der Waals surface area contributed by atoms with Crippen molar-refractivity contribution in [2.75, 3.05) is 12.4 Å². The van der Waals surface area contributed by atoms with Crippen molar-refractivity contribution in [2.45, 2.75) is 26.2 Å². The summed E-state index contributed by atoms with van der Waals surface area (Å²) in [4.78, 5) is 12.9. The zero-order valence-corrected chi connectivity index (χ0v) is 14.9.